The molecule has 0 unspecified atom stereocenters. The SMILES string of the molecule is COc1ccc([C@H]2[C@H](C(=O)C(C)(C)C)N3N=Cc4ccccc4[C@@H]3C23C(=O)c2ccccc2C3=O)cc1OC. The Bertz CT molecular complexity index is 1530. The maximum atomic E-state index is 14.7. The van der Waals surface area contributed by atoms with Crippen LogP contribution < -0.4 is 9.47 Å². The highest BCUT2D eigenvalue weighted by Gasteiger charge is 2.73. The Morgan fingerprint density at radius 3 is 2.10 bits per heavy atom. The van der Waals surface area contributed by atoms with E-state index in [1.165, 1.54) is 7.11 Å². The van der Waals surface area contributed by atoms with Gasteiger partial charge in [0.25, 0.3) is 0 Å². The number of benzene rings is 3. The van der Waals surface area contributed by atoms with E-state index >= 15 is 0 Å². The lowest BCUT2D eigenvalue weighted by atomic mass is 9.62. The smallest absolute Gasteiger partial charge is 0.180 e. The fraction of sp³-hybridized carbons (Fsp3) is 0.312. The zero-order valence-electron chi connectivity index (χ0n) is 22.6. The van der Waals surface area contributed by atoms with Crippen LogP contribution in [0.5, 0.6) is 11.5 Å². The minimum Gasteiger partial charge on any atom is -0.493 e. The fourth-order valence-electron chi connectivity index (χ4n) is 6.64. The number of ether oxygens (including phenoxy) is 2. The molecule has 39 heavy (non-hydrogen) atoms. The molecule has 1 fully saturated rings. The van der Waals surface area contributed by atoms with Crippen LogP contribution in [-0.2, 0) is 4.79 Å². The average Bonchev–Trinajstić information content (AvgIpc) is 3.37. The third kappa shape index (κ3) is 3.28. The van der Waals surface area contributed by atoms with Crippen LogP contribution in [0.15, 0.2) is 71.8 Å². The third-order valence-electron chi connectivity index (χ3n) is 8.35. The van der Waals surface area contributed by atoms with Crippen LogP contribution in [0.25, 0.3) is 0 Å². The molecule has 0 saturated carbocycles. The molecule has 6 rings (SSSR count). The monoisotopic (exact) mass is 522 g/mol. The molecule has 2 heterocycles. The summed E-state index contributed by atoms with van der Waals surface area (Å²) >= 11 is 0. The van der Waals surface area contributed by atoms with E-state index < -0.39 is 28.8 Å². The summed E-state index contributed by atoms with van der Waals surface area (Å²) < 4.78 is 11.1. The summed E-state index contributed by atoms with van der Waals surface area (Å²) in [7, 11) is 3.09. The maximum absolute atomic E-state index is 14.7. The van der Waals surface area contributed by atoms with Gasteiger partial charge in [-0.2, -0.15) is 5.10 Å². The van der Waals surface area contributed by atoms with Gasteiger partial charge in [-0.1, -0.05) is 75.4 Å². The zero-order chi connectivity index (χ0) is 27.7. The Kier molecular flexibility index (Phi) is 5.54. The first kappa shape index (κ1) is 25.0. The molecular weight excluding hydrogens is 492 g/mol. The Morgan fingerprint density at radius 2 is 1.49 bits per heavy atom. The Hall–Kier alpha value is -4.26. The number of hydrogen-bond donors (Lipinski definition) is 0. The Morgan fingerprint density at radius 1 is 0.872 bits per heavy atom. The van der Waals surface area contributed by atoms with Gasteiger partial charge in [-0.3, -0.25) is 19.4 Å². The number of rotatable bonds is 4. The van der Waals surface area contributed by atoms with Crippen LogP contribution in [-0.4, -0.2) is 48.8 Å². The van der Waals surface area contributed by atoms with Gasteiger partial charge in [-0.05, 0) is 28.8 Å². The second-order valence-electron chi connectivity index (χ2n) is 11.4. The second-order valence-corrected chi connectivity index (χ2v) is 11.4. The average molecular weight is 523 g/mol. The normalized spacial score (nSPS) is 22.5. The van der Waals surface area contributed by atoms with Crippen molar-refractivity contribution in [1.82, 2.24) is 5.01 Å². The zero-order valence-corrected chi connectivity index (χ0v) is 22.6. The molecule has 3 atom stereocenters. The van der Waals surface area contributed by atoms with Crippen molar-refractivity contribution in [1.29, 1.82) is 0 Å². The number of hydrogen-bond acceptors (Lipinski definition) is 7. The summed E-state index contributed by atoms with van der Waals surface area (Å²) in [4.78, 5) is 43.7. The van der Waals surface area contributed by atoms with E-state index in [1.54, 1.807) is 54.7 Å². The van der Waals surface area contributed by atoms with Crippen LogP contribution in [0.2, 0.25) is 0 Å². The van der Waals surface area contributed by atoms with Crippen molar-refractivity contribution >= 4 is 23.6 Å². The first-order chi connectivity index (χ1) is 18.7. The van der Waals surface area contributed by atoms with E-state index in [-0.39, 0.29) is 17.3 Å². The molecule has 0 radical (unpaired) electrons. The number of carbonyl (C=O) groups is 3. The predicted octanol–water partition coefficient (Wildman–Crippen LogP) is 5.24. The molecule has 1 spiro atoms. The lowest BCUT2D eigenvalue weighted by Crippen LogP contribution is -2.45. The van der Waals surface area contributed by atoms with Crippen molar-refractivity contribution < 1.29 is 23.9 Å². The fourth-order valence-corrected chi connectivity index (χ4v) is 6.64. The van der Waals surface area contributed by atoms with Crippen molar-refractivity contribution in [2.75, 3.05) is 14.2 Å². The van der Waals surface area contributed by atoms with Crippen molar-refractivity contribution in [3.8, 4) is 11.5 Å². The van der Waals surface area contributed by atoms with E-state index in [9.17, 15) is 14.4 Å². The molecule has 1 aliphatic carbocycles. The van der Waals surface area contributed by atoms with Gasteiger partial charge in [0, 0.05) is 22.5 Å². The third-order valence-corrected chi connectivity index (χ3v) is 8.35. The van der Waals surface area contributed by atoms with Gasteiger partial charge in [-0.25, -0.2) is 0 Å². The lowest BCUT2D eigenvalue weighted by molar-refractivity contribution is -0.131. The summed E-state index contributed by atoms with van der Waals surface area (Å²) in [5.74, 6) is -0.526. The molecule has 0 N–H and O–H groups in total. The van der Waals surface area contributed by atoms with Crippen molar-refractivity contribution in [3.63, 3.8) is 0 Å². The number of Topliss-reactive ketones (excluding diaryl/α,β-unsaturated/α-hetero) is 3. The Balaban J connectivity index is 1.71. The van der Waals surface area contributed by atoms with E-state index in [0.29, 0.717) is 28.2 Å². The molecule has 198 valence electrons. The molecule has 0 aromatic heterocycles. The first-order valence-electron chi connectivity index (χ1n) is 13.0. The summed E-state index contributed by atoms with van der Waals surface area (Å²) in [5.41, 5.74) is 0.656. The summed E-state index contributed by atoms with van der Waals surface area (Å²) in [6, 6.07) is 18.3. The van der Waals surface area contributed by atoms with Gasteiger partial charge in [0.05, 0.1) is 26.5 Å². The van der Waals surface area contributed by atoms with Gasteiger partial charge < -0.3 is 9.47 Å². The van der Waals surface area contributed by atoms with E-state index in [2.05, 4.69) is 0 Å². The molecule has 7 heteroatoms. The molecule has 1 saturated heterocycles. The number of fused-ring (bicyclic) bond motifs is 5. The molecule has 3 aromatic rings. The largest absolute Gasteiger partial charge is 0.493 e. The van der Waals surface area contributed by atoms with E-state index in [0.717, 1.165) is 11.1 Å². The molecule has 2 aliphatic heterocycles. The van der Waals surface area contributed by atoms with Crippen LogP contribution in [0.3, 0.4) is 0 Å². The summed E-state index contributed by atoms with van der Waals surface area (Å²) in [6.45, 7) is 5.57. The van der Waals surface area contributed by atoms with E-state index in [4.69, 9.17) is 14.6 Å². The van der Waals surface area contributed by atoms with Crippen molar-refractivity contribution in [2.24, 2.45) is 15.9 Å². The standard InChI is InChI=1S/C32H30N2O5/c1-31(2,3)30(37)26-25(18-14-15-23(38-4)24(16-18)39-5)32(28(35)21-12-8-9-13-22(21)29(32)36)27-20-11-7-6-10-19(20)17-33-34(26)27/h6-17,25-27H,1-5H3/t25-,26+,27+/m0/s1. The molecule has 0 bridgehead atoms. The van der Waals surface area contributed by atoms with Gasteiger partial charge >= 0.3 is 0 Å². The second kappa shape index (κ2) is 8.63. The topological polar surface area (TPSA) is 85.3 Å². The highest BCUT2D eigenvalue weighted by atomic mass is 16.5. The number of nitrogens with zero attached hydrogens (tertiary/aromatic N) is 2. The number of ketones is 3. The lowest BCUT2D eigenvalue weighted by Gasteiger charge is -2.36. The predicted molar refractivity (Wildman–Crippen MR) is 147 cm³/mol. The molecule has 3 aliphatic rings. The van der Waals surface area contributed by atoms with Crippen molar-refractivity contribution in [2.45, 2.75) is 38.8 Å². The van der Waals surface area contributed by atoms with Gasteiger partial charge in [-0.15, -0.1) is 0 Å². The number of hydrazone groups is 1. The molecular formula is C32H30N2O5. The number of carbonyl (C=O) groups excluding carboxylic acids is 3. The quantitative estimate of drug-likeness (QED) is 0.436. The van der Waals surface area contributed by atoms with Crippen LogP contribution in [0, 0.1) is 10.8 Å². The minimum absolute atomic E-state index is 0.0998. The van der Waals surface area contributed by atoms with Crippen molar-refractivity contribution in [3.05, 3.63) is 94.5 Å². The van der Waals surface area contributed by atoms with Gasteiger partial charge in [0.2, 0.25) is 0 Å². The minimum atomic E-state index is -1.61. The van der Waals surface area contributed by atoms with Gasteiger partial charge in [0.1, 0.15) is 11.5 Å². The van der Waals surface area contributed by atoms with Crippen LogP contribution in [0.1, 0.15) is 70.1 Å². The maximum Gasteiger partial charge on any atom is 0.180 e. The highest BCUT2D eigenvalue weighted by molar-refractivity contribution is 6.31. The van der Waals surface area contributed by atoms with Gasteiger partial charge in [0.15, 0.2) is 28.8 Å². The molecule has 0 amide bonds. The summed E-state index contributed by atoms with van der Waals surface area (Å²) in [6.07, 6.45) is 1.72. The first-order valence-corrected chi connectivity index (χ1v) is 13.0. The highest BCUT2D eigenvalue weighted by Crippen LogP contribution is 2.65. The molecule has 3 aromatic carbocycles. The number of methoxy groups -OCH3 is 2. The Labute approximate surface area is 227 Å². The van der Waals surface area contributed by atoms with Crippen LogP contribution >= 0.6 is 0 Å². The van der Waals surface area contributed by atoms with E-state index in [1.807, 2.05) is 51.1 Å². The summed E-state index contributed by atoms with van der Waals surface area (Å²) in [5, 5.41) is 6.50. The van der Waals surface area contributed by atoms with Crippen LogP contribution in [0.4, 0.5) is 0 Å². The molecule has 7 nitrogen and oxygen atoms in total.